The SMILES string of the molecule is O=C1NC[C@@H]2CN(Cc3ccccc3)C[C@H]2c2c(F)cccc21. The summed E-state index contributed by atoms with van der Waals surface area (Å²) in [6, 6.07) is 15.1. The molecule has 0 saturated carbocycles. The second-order valence-electron chi connectivity index (χ2n) is 6.46. The minimum Gasteiger partial charge on any atom is -0.352 e. The van der Waals surface area contributed by atoms with Crippen LogP contribution in [0.2, 0.25) is 0 Å². The normalized spacial score (nSPS) is 23.8. The largest absolute Gasteiger partial charge is 0.352 e. The van der Waals surface area contributed by atoms with E-state index in [2.05, 4.69) is 22.3 Å². The average Bonchev–Trinajstić information content (AvgIpc) is 2.90. The van der Waals surface area contributed by atoms with E-state index >= 15 is 0 Å². The summed E-state index contributed by atoms with van der Waals surface area (Å²) in [5, 5.41) is 2.95. The standard InChI is InChI=1S/C19H19FN2O/c20-17-8-4-7-15-18(17)16-12-22(10-13-5-2-1-3-6-13)11-14(16)9-21-19(15)23/h1-8,14,16H,9-12H2,(H,21,23)/t14-,16-/m1/s1. The number of amides is 1. The third kappa shape index (κ3) is 2.63. The lowest BCUT2D eigenvalue weighted by Crippen LogP contribution is -2.29. The Hall–Kier alpha value is -2.20. The molecule has 2 aliphatic heterocycles. The molecule has 1 amide bonds. The Morgan fingerprint density at radius 2 is 1.91 bits per heavy atom. The van der Waals surface area contributed by atoms with E-state index in [4.69, 9.17) is 0 Å². The molecule has 4 heteroatoms. The van der Waals surface area contributed by atoms with Gasteiger partial charge in [-0.25, -0.2) is 4.39 Å². The lowest BCUT2D eigenvalue weighted by Gasteiger charge is -2.18. The van der Waals surface area contributed by atoms with Gasteiger partial charge >= 0.3 is 0 Å². The predicted octanol–water partition coefficient (Wildman–Crippen LogP) is 2.78. The zero-order valence-electron chi connectivity index (χ0n) is 12.8. The number of halogens is 1. The highest BCUT2D eigenvalue weighted by Gasteiger charge is 2.39. The zero-order valence-corrected chi connectivity index (χ0v) is 12.8. The molecule has 0 unspecified atom stereocenters. The van der Waals surface area contributed by atoms with E-state index in [1.165, 1.54) is 11.6 Å². The molecule has 1 saturated heterocycles. The number of nitrogens with one attached hydrogen (secondary N) is 1. The Labute approximate surface area is 135 Å². The van der Waals surface area contributed by atoms with Gasteiger partial charge in [0, 0.05) is 43.2 Å². The number of fused-ring (bicyclic) bond motifs is 3. The van der Waals surface area contributed by atoms with Crippen LogP contribution in [0.25, 0.3) is 0 Å². The molecule has 1 fully saturated rings. The highest BCUT2D eigenvalue weighted by atomic mass is 19.1. The maximum atomic E-state index is 14.4. The molecule has 2 aliphatic rings. The van der Waals surface area contributed by atoms with Gasteiger partial charge in [-0.3, -0.25) is 9.69 Å². The van der Waals surface area contributed by atoms with Crippen LogP contribution in [0, 0.1) is 11.7 Å². The van der Waals surface area contributed by atoms with E-state index in [-0.39, 0.29) is 23.6 Å². The van der Waals surface area contributed by atoms with Crippen molar-refractivity contribution in [2.24, 2.45) is 5.92 Å². The van der Waals surface area contributed by atoms with Gasteiger partial charge in [0.15, 0.2) is 0 Å². The third-order valence-electron chi connectivity index (χ3n) is 4.96. The van der Waals surface area contributed by atoms with Gasteiger partial charge in [0.1, 0.15) is 5.82 Å². The van der Waals surface area contributed by atoms with E-state index in [1.54, 1.807) is 12.1 Å². The van der Waals surface area contributed by atoms with E-state index < -0.39 is 0 Å². The van der Waals surface area contributed by atoms with Gasteiger partial charge < -0.3 is 5.32 Å². The number of likely N-dealkylation sites (tertiary alicyclic amines) is 1. The van der Waals surface area contributed by atoms with Crippen LogP contribution in [-0.4, -0.2) is 30.4 Å². The van der Waals surface area contributed by atoms with Crippen LogP contribution in [-0.2, 0) is 6.54 Å². The number of hydrogen-bond donors (Lipinski definition) is 1. The molecule has 0 aromatic heterocycles. The van der Waals surface area contributed by atoms with Crippen LogP contribution in [0.15, 0.2) is 48.5 Å². The fourth-order valence-electron chi connectivity index (χ4n) is 3.90. The van der Waals surface area contributed by atoms with Crippen molar-refractivity contribution in [3.63, 3.8) is 0 Å². The fraction of sp³-hybridized carbons (Fsp3) is 0.316. The summed E-state index contributed by atoms with van der Waals surface area (Å²) in [4.78, 5) is 14.5. The molecule has 3 nitrogen and oxygen atoms in total. The van der Waals surface area contributed by atoms with Crippen molar-refractivity contribution in [3.05, 3.63) is 71.0 Å². The van der Waals surface area contributed by atoms with E-state index in [0.29, 0.717) is 17.7 Å². The summed E-state index contributed by atoms with van der Waals surface area (Å²) in [6.45, 7) is 3.16. The summed E-state index contributed by atoms with van der Waals surface area (Å²) in [5.74, 6) is -0.0608. The summed E-state index contributed by atoms with van der Waals surface area (Å²) in [6.07, 6.45) is 0. The van der Waals surface area contributed by atoms with Crippen molar-refractivity contribution >= 4 is 5.91 Å². The molecule has 0 aliphatic carbocycles. The summed E-state index contributed by atoms with van der Waals surface area (Å²) in [5.41, 5.74) is 2.36. The first-order valence-electron chi connectivity index (χ1n) is 8.05. The van der Waals surface area contributed by atoms with Crippen LogP contribution in [0.5, 0.6) is 0 Å². The first kappa shape index (κ1) is 14.4. The van der Waals surface area contributed by atoms with Crippen molar-refractivity contribution in [1.82, 2.24) is 10.2 Å². The molecule has 2 aromatic rings. The zero-order chi connectivity index (χ0) is 15.8. The second kappa shape index (κ2) is 5.78. The van der Waals surface area contributed by atoms with Crippen LogP contribution < -0.4 is 5.32 Å². The highest BCUT2D eigenvalue weighted by molar-refractivity contribution is 5.96. The van der Waals surface area contributed by atoms with Gasteiger partial charge in [0.25, 0.3) is 5.91 Å². The number of nitrogens with zero attached hydrogens (tertiary/aromatic N) is 1. The molecule has 0 radical (unpaired) electrons. The fourth-order valence-corrected chi connectivity index (χ4v) is 3.90. The molecule has 2 heterocycles. The number of carbonyl (C=O) groups excluding carboxylic acids is 1. The van der Waals surface area contributed by atoms with Crippen molar-refractivity contribution in [2.45, 2.75) is 12.5 Å². The van der Waals surface area contributed by atoms with Crippen molar-refractivity contribution in [2.75, 3.05) is 19.6 Å². The first-order valence-corrected chi connectivity index (χ1v) is 8.05. The van der Waals surface area contributed by atoms with Crippen molar-refractivity contribution < 1.29 is 9.18 Å². The first-order chi connectivity index (χ1) is 11.2. The molecular weight excluding hydrogens is 291 g/mol. The average molecular weight is 310 g/mol. The maximum absolute atomic E-state index is 14.4. The minimum absolute atomic E-state index is 0.0777. The van der Waals surface area contributed by atoms with Gasteiger partial charge in [-0.1, -0.05) is 36.4 Å². The lowest BCUT2D eigenvalue weighted by molar-refractivity contribution is 0.0950. The molecule has 118 valence electrons. The Balaban J connectivity index is 1.63. The van der Waals surface area contributed by atoms with Crippen molar-refractivity contribution in [3.8, 4) is 0 Å². The van der Waals surface area contributed by atoms with Gasteiger partial charge in [0.05, 0.1) is 0 Å². The minimum atomic E-state index is -0.254. The number of hydrogen-bond acceptors (Lipinski definition) is 2. The Morgan fingerprint density at radius 3 is 2.74 bits per heavy atom. The summed E-state index contributed by atoms with van der Waals surface area (Å²) < 4.78 is 14.4. The molecule has 2 aromatic carbocycles. The molecule has 0 spiro atoms. The van der Waals surface area contributed by atoms with E-state index in [9.17, 15) is 9.18 Å². The quantitative estimate of drug-likeness (QED) is 0.925. The lowest BCUT2D eigenvalue weighted by atomic mass is 9.87. The smallest absolute Gasteiger partial charge is 0.251 e. The molecule has 4 rings (SSSR count). The molecule has 23 heavy (non-hydrogen) atoms. The molecular formula is C19H19FN2O. The highest BCUT2D eigenvalue weighted by Crippen LogP contribution is 2.37. The Kier molecular flexibility index (Phi) is 3.62. The maximum Gasteiger partial charge on any atom is 0.251 e. The summed E-state index contributed by atoms with van der Waals surface area (Å²) >= 11 is 0. The van der Waals surface area contributed by atoms with Crippen LogP contribution >= 0.6 is 0 Å². The van der Waals surface area contributed by atoms with E-state index in [0.717, 1.165) is 19.6 Å². The number of carbonyl (C=O) groups is 1. The third-order valence-corrected chi connectivity index (χ3v) is 4.96. The van der Waals surface area contributed by atoms with Gasteiger partial charge in [-0.2, -0.15) is 0 Å². The van der Waals surface area contributed by atoms with Gasteiger partial charge in [0.2, 0.25) is 0 Å². The monoisotopic (exact) mass is 310 g/mol. The molecule has 0 bridgehead atoms. The Bertz CT molecular complexity index is 731. The molecule has 1 N–H and O–H groups in total. The van der Waals surface area contributed by atoms with Crippen LogP contribution in [0.1, 0.15) is 27.4 Å². The second-order valence-corrected chi connectivity index (χ2v) is 6.46. The van der Waals surface area contributed by atoms with Gasteiger partial charge in [-0.15, -0.1) is 0 Å². The summed E-state index contributed by atoms with van der Waals surface area (Å²) in [7, 11) is 0. The number of benzene rings is 2. The van der Waals surface area contributed by atoms with Crippen LogP contribution in [0.3, 0.4) is 0 Å². The van der Waals surface area contributed by atoms with E-state index in [1.807, 2.05) is 18.2 Å². The topological polar surface area (TPSA) is 32.3 Å². The number of rotatable bonds is 2. The van der Waals surface area contributed by atoms with Gasteiger partial charge in [-0.05, 0) is 23.6 Å². The Morgan fingerprint density at radius 1 is 1.09 bits per heavy atom. The molecule has 2 atom stereocenters. The predicted molar refractivity (Wildman–Crippen MR) is 86.7 cm³/mol. The van der Waals surface area contributed by atoms with Crippen LogP contribution in [0.4, 0.5) is 4.39 Å². The van der Waals surface area contributed by atoms with Crippen molar-refractivity contribution in [1.29, 1.82) is 0 Å².